The average molecular weight is 628 g/mol. The Labute approximate surface area is 247 Å². The van der Waals surface area contributed by atoms with Gasteiger partial charge in [-0.3, -0.25) is 19.1 Å². The van der Waals surface area contributed by atoms with Gasteiger partial charge in [0.2, 0.25) is 0 Å². The van der Waals surface area contributed by atoms with Gasteiger partial charge < -0.3 is 33.1 Å². The molecule has 6 atom stereocenters. The van der Waals surface area contributed by atoms with Gasteiger partial charge in [0.05, 0.1) is 26.9 Å². The van der Waals surface area contributed by atoms with Gasteiger partial charge in [-0.2, -0.15) is 0 Å². The lowest BCUT2D eigenvalue weighted by Gasteiger charge is -2.25. The number of hydrogen-bond acceptors (Lipinski definition) is 12. The van der Waals surface area contributed by atoms with Crippen molar-refractivity contribution in [2.45, 2.75) is 63.9 Å². The van der Waals surface area contributed by atoms with Crippen molar-refractivity contribution in [2.75, 3.05) is 20.8 Å². The molecule has 0 amide bonds. The minimum absolute atomic E-state index is 0.196. The van der Waals surface area contributed by atoms with E-state index in [0.29, 0.717) is 5.56 Å². The highest BCUT2D eigenvalue weighted by atomic mass is 31.2. The molecule has 0 aliphatic carbocycles. The summed E-state index contributed by atoms with van der Waals surface area (Å²) in [6.45, 7) is 5.55. The van der Waals surface area contributed by atoms with Gasteiger partial charge in [-0.05, 0) is 51.5 Å². The first-order valence-electron chi connectivity index (χ1n) is 13.1. The summed E-state index contributed by atoms with van der Waals surface area (Å²) >= 11 is 0. The Kier molecular flexibility index (Phi) is 11.6. The Morgan fingerprint density at radius 1 is 1.23 bits per heavy atom. The zero-order valence-corrected chi connectivity index (χ0v) is 25.3. The monoisotopic (exact) mass is 627 g/mol. The van der Waals surface area contributed by atoms with Gasteiger partial charge in [0.25, 0.3) is 5.56 Å². The van der Waals surface area contributed by atoms with Crippen LogP contribution in [-0.4, -0.2) is 77.4 Å². The number of carbonyl (C=O) groups is 2. The van der Waals surface area contributed by atoms with Crippen molar-refractivity contribution in [1.82, 2.24) is 14.6 Å². The largest absolute Gasteiger partial charge is 0.493 e. The number of hydrogen-bond donors (Lipinski definition) is 3. The average Bonchev–Trinajstić information content (AvgIpc) is 3.17. The van der Waals surface area contributed by atoms with Gasteiger partial charge in [-0.1, -0.05) is 6.07 Å². The van der Waals surface area contributed by atoms with Gasteiger partial charge in [-0.15, -0.1) is 0 Å². The number of nitrogens with one attached hydrogen (secondary N) is 2. The van der Waals surface area contributed by atoms with Gasteiger partial charge in [0, 0.05) is 18.3 Å². The zero-order chi connectivity index (χ0) is 31.9. The van der Waals surface area contributed by atoms with Crippen LogP contribution in [0.3, 0.4) is 0 Å². The molecule has 6 unspecified atom stereocenters. The minimum atomic E-state index is -2.45. The summed E-state index contributed by atoms with van der Waals surface area (Å²) in [4.78, 5) is 49.7. The second kappa shape index (κ2) is 14.7. The fraction of sp³-hybridized carbons (Fsp3) is 0.481. The first-order valence-corrected chi connectivity index (χ1v) is 14.3. The summed E-state index contributed by atoms with van der Waals surface area (Å²) in [6, 6.07) is 4.88. The number of aromatic nitrogens is 2. The van der Waals surface area contributed by atoms with E-state index in [2.05, 4.69) is 9.82 Å². The van der Waals surface area contributed by atoms with Crippen LogP contribution in [0.1, 0.15) is 39.5 Å². The van der Waals surface area contributed by atoms with Crippen LogP contribution < -0.4 is 25.6 Å². The maximum absolute atomic E-state index is 15.6. The summed E-state index contributed by atoms with van der Waals surface area (Å²) in [6.07, 6.45) is -1.17. The third-order valence-corrected chi connectivity index (χ3v) is 7.51. The predicted octanol–water partition coefficient (Wildman–Crippen LogP) is 1.97. The molecule has 0 spiro atoms. The molecular formula is C27H35FN3O11P. The quantitative estimate of drug-likeness (QED) is 0.167. The molecule has 1 aromatic heterocycles. The number of ether oxygens (including phenoxy) is 4. The molecule has 16 heteroatoms. The summed E-state index contributed by atoms with van der Waals surface area (Å²) in [5.74, 6) is -0.679. The molecule has 1 aromatic carbocycles. The standard InChI is InChI=1S/C27H35FN3O11P/c1-15(2)40-24(35)16(3)30-43(42-18-9-7-17(13-19(18)37-5)8-10-22(33)38-6)39-14-20-23(34)27(4,28)25(41-20)31-12-11-21(32)29-26(31)36/h7-13,15-16,20,23,25,30,34H,14H2,1-6H3,(H,29,32,36)/b10-8+. The van der Waals surface area contributed by atoms with E-state index in [4.69, 9.17) is 23.3 Å². The topological polar surface area (TPSA) is 177 Å². The highest BCUT2D eigenvalue weighted by molar-refractivity contribution is 7.45. The van der Waals surface area contributed by atoms with Gasteiger partial charge in [-0.25, -0.2) is 19.1 Å². The third-order valence-electron chi connectivity index (χ3n) is 6.16. The number of aromatic amines is 1. The van der Waals surface area contributed by atoms with Crippen LogP contribution in [0.25, 0.3) is 6.08 Å². The molecule has 14 nitrogen and oxygen atoms in total. The molecule has 43 heavy (non-hydrogen) atoms. The number of H-pyrrole nitrogens is 1. The van der Waals surface area contributed by atoms with Crippen molar-refractivity contribution in [1.29, 1.82) is 0 Å². The van der Waals surface area contributed by atoms with E-state index in [0.717, 1.165) is 23.8 Å². The fourth-order valence-electron chi connectivity index (χ4n) is 3.92. The van der Waals surface area contributed by atoms with Crippen molar-refractivity contribution < 1.29 is 47.1 Å². The summed E-state index contributed by atoms with van der Waals surface area (Å²) in [7, 11) is 0.473. The third kappa shape index (κ3) is 8.71. The van der Waals surface area contributed by atoms with Gasteiger partial charge >= 0.3 is 26.2 Å². The minimum Gasteiger partial charge on any atom is -0.493 e. The normalized spacial score (nSPS) is 23.2. The Bertz CT molecular complexity index is 1430. The molecule has 0 bridgehead atoms. The Morgan fingerprint density at radius 3 is 2.58 bits per heavy atom. The van der Waals surface area contributed by atoms with Crippen LogP contribution in [0, 0.1) is 0 Å². The number of esters is 2. The molecule has 2 aromatic rings. The number of carbonyl (C=O) groups excluding carboxylic acids is 2. The van der Waals surface area contributed by atoms with E-state index in [1.54, 1.807) is 32.0 Å². The maximum atomic E-state index is 15.6. The first kappa shape index (κ1) is 33.9. The SMILES string of the molecule is COC(=O)/C=C/c1ccc(OP(NC(C)C(=O)OC(C)C)OCC2OC(n3ccc(=O)[nH]c3=O)C(C)(F)C2O)c(OC)c1. The molecule has 3 N–H and O–H groups in total. The van der Waals surface area contributed by atoms with E-state index >= 15 is 4.39 Å². The number of aliphatic hydroxyl groups excluding tert-OH is 1. The summed E-state index contributed by atoms with van der Waals surface area (Å²) < 4.78 is 49.3. The van der Waals surface area contributed by atoms with E-state index in [1.807, 2.05) is 4.98 Å². The highest BCUT2D eigenvalue weighted by Crippen LogP contribution is 2.44. The highest BCUT2D eigenvalue weighted by Gasteiger charge is 2.55. The van der Waals surface area contributed by atoms with Crippen molar-refractivity contribution in [3.05, 3.63) is 62.9 Å². The van der Waals surface area contributed by atoms with Gasteiger partial charge in [0.15, 0.2) is 23.4 Å². The number of rotatable bonds is 13. The van der Waals surface area contributed by atoms with Crippen molar-refractivity contribution >= 4 is 26.5 Å². The second-order valence-corrected chi connectivity index (χ2v) is 11.1. The lowest BCUT2D eigenvalue weighted by molar-refractivity contribution is -0.149. The lowest BCUT2D eigenvalue weighted by atomic mass is 9.98. The number of nitrogens with zero attached hydrogens (tertiary/aromatic N) is 1. The number of halogens is 1. The van der Waals surface area contributed by atoms with Crippen molar-refractivity contribution in [2.24, 2.45) is 0 Å². The second-order valence-electron chi connectivity index (χ2n) is 9.89. The van der Waals surface area contributed by atoms with Crippen molar-refractivity contribution in [3.63, 3.8) is 0 Å². The molecule has 1 fully saturated rings. The number of aliphatic hydroxyl groups is 1. The molecule has 0 radical (unpaired) electrons. The van der Waals surface area contributed by atoms with Crippen LogP contribution in [0.4, 0.5) is 4.39 Å². The molecular weight excluding hydrogens is 592 g/mol. The molecule has 236 valence electrons. The predicted molar refractivity (Wildman–Crippen MR) is 152 cm³/mol. The molecule has 2 heterocycles. The Morgan fingerprint density at radius 2 is 1.95 bits per heavy atom. The number of methoxy groups -OCH3 is 2. The van der Waals surface area contributed by atoms with Crippen LogP contribution >= 0.6 is 8.53 Å². The van der Waals surface area contributed by atoms with E-state index in [-0.39, 0.29) is 17.6 Å². The smallest absolute Gasteiger partial charge is 0.330 e. The zero-order valence-electron chi connectivity index (χ0n) is 24.4. The molecule has 3 rings (SSSR count). The van der Waals surface area contributed by atoms with Crippen LogP contribution in [0.15, 0.2) is 46.1 Å². The van der Waals surface area contributed by atoms with Gasteiger partial charge in [0.1, 0.15) is 18.2 Å². The van der Waals surface area contributed by atoms with Crippen LogP contribution in [-0.2, 0) is 28.3 Å². The fourth-order valence-corrected chi connectivity index (χ4v) is 5.14. The Balaban J connectivity index is 1.82. The van der Waals surface area contributed by atoms with E-state index in [1.165, 1.54) is 33.3 Å². The Hall–Kier alpha value is -3.62. The molecule has 0 saturated carbocycles. The van der Waals surface area contributed by atoms with E-state index in [9.17, 15) is 24.3 Å². The summed E-state index contributed by atoms with van der Waals surface area (Å²) in [5.41, 5.74) is -3.45. The van der Waals surface area contributed by atoms with E-state index < -0.39 is 68.5 Å². The number of alkyl halides is 1. The van der Waals surface area contributed by atoms with Crippen LogP contribution in [0.2, 0.25) is 0 Å². The molecule has 1 saturated heterocycles. The number of benzene rings is 1. The molecule has 1 aliphatic heterocycles. The van der Waals surface area contributed by atoms with Crippen LogP contribution in [0.5, 0.6) is 11.5 Å². The van der Waals surface area contributed by atoms with Crippen molar-refractivity contribution in [3.8, 4) is 11.5 Å². The maximum Gasteiger partial charge on any atom is 0.330 e. The lowest BCUT2D eigenvalue weighted by Crippen LogP contribution is -2.43. The summed E-state index contributed by atoms with van der Waals surface area (Å²) in [5, 5.41) is 13.6. The molecule has 1 aliphatic rings. The first-order chi connectivity index (χ1) is 20.3.